The predicted octanol–water partition coefficient (Wildman–Crippen LogP) is 13.3. The SMILES string of the molecule is CCCCCCC/C=C\C/C=C\C/C=C\CCCCCCCCCCCCCCCCC(=O)OC(COC(=O)CCCCCCCC)COP(=O)(O)OCCN. The fourth-order valence-electron chi connectivity index (χ4n) is 6.35. The van der Waals surface area contributed by atoms with Gasteiger partial charge in [-0.05, 0) is 51.4 Å². The van der Waals surface area contributed by atoms with Crippen molar-refractivity contribution in [3.05, 3.63) is 36.5 Å². The van der Waals surface area contributed by atoms with Crippen LogP contribution in [0.3, 0.4) is 0 Å². The third-order valence-electron chi connectivity index (χ3n) is 9.78. The first kappa shape index (κ1) is 54.2. The van der Waals surface area contributed by atoms with Gasteiger partial charge in [0.05, 0.1) is 13.2 Å². The number of ether oxygens (including phenoxy) is 2. The summed E-state index contributed by atoms with van der Waals surface area (Å²) in [5, 5.41) is 0. The Balaban J connectivity index is 3.85. The molecule has 56 heavy (non-hydrogen) atoms. The number of esters is 2. The van der Waals surface area contributed by atoms with Gasteiger partial charge in [-0.1, -0.05) is 185 Å². The smallest absolute Gasteiger partial charge is 0.462 e. The Morgan fingerprint density at radius 1 is 0.536 bits per heavy atom. The summed E-state index contributed by atoms with van der Waals surface area (Å²) in [6.45, 7) is 3.66. The molecule has 9 nitrogen and oxygen atoms in total. The molecule has 0 aromatic carbocycles. The molecule has 0 bridgehead atoms. The molecule has 0 saturated heterocycles. The van der Waals surface area contributed by atoms with E-state index >= 15 is 0 Å². The van der Waals surface area contributed by atoms with Crippen molar-refractivity contribution in [2.75, 3.05) is 26.4 Å². The maximum atomic E-state index is 12.5. The van der Waals surface area contributed by atoms with Gasteiger partial charge in [0.25, 0.3) is 0 Å². The van der Waals surface area contributed by atoms with E-state index in [0.717, 1.165) is 57.8 Å². The molecule has 0 aromatic rings. The normalized spacial score (nSPS) is 13.6. The summed E-state index contributed by atoms with van der Waals surface area (Å²) in [6, 6.07) is 0. The molecule has 0 aliphatic heterocycles. The van der Waals surface area contributed by atoms with Crippen molar-refractivity contribution in [1.29, 1.82) is 0 Å². The van der Waals surface area contributed by atoms with Crippen LogP contribution in [0.2, 0.25) is 0 Å². The molecule has 0 aromatic heterocycles. The molecule has 0 amide bonds. The maximum absolute atomic E-state index is 12.5. The number of hydrogen-bond acceptors (Lipinski definition) is 8. The van der Waals surface area contributed by atoms with Crippen LogP contribution in [0, 0.1) is 0 Å². The maximum Gasteiger partial charge on any atom is 0.472 e. The molecular formula is C46H86NO8P. The summed E-state index contributed by atoms with van der Waals surface area (Å²) in [5.74, 6) is -0.835. The summed E-state index contributed by atoms with van der Waals surface area (Å²) >= 11 is 0. The number of rotatable bonds is 43. The Hall–Kier alpha value is -1.77. The number of phosphoric ester groups is 1. The fourth-order valence-corrected chi connectivity index (χ4v) is 7.11. The Kier molecular flexibility index (Phi) is 41.5. The van der Waals surface area contributed by atoms with Crippen LogP contribution in [0.5, 0.6) is 0 Å². The Morgan fingerprint density at radius 2 is 0.929 bits per heavy atom. The van der Waals surface area contributed by atoms with E-state index in [9.17, 15) is 19.0 Å². The molecule has 0 spiro atoms. The van der Waals surface area contributed by atoms with Gasteiger partial charge in [-0.15, -0.1) is 0 Å². The average molecular weight is 812 g/mol. The lowest BCUT2D eigenvalue weighted by atomic mass is 10.0. The zero-order valence-electron chi connectivity index (χ0n) is 36.1. The van der Waals surface area contributed by atoms with E-state index in [1.54, 1.807) is 0 Å². The van der Waals surface area contributed by atoms with Crippen molar-refractivity contribution in [1.82, 2.24) is 0 Å². The Morgan fingerprint density at radius 3 is 1.38 bits per heavy atom. The number of carbonyl (C=O) groups is 2. The third kappa shape index (κ3) is 41.9. The highest BCUT2D eigenvalue weighted by Gasteiger charge is 2.26. The molecule has 3 N–H and O–H groups in total. The van der Waals surface area contributed by atoms with Crippen LogP contribution in [-0.4, -0.2) is 49.3 Å². The molecule has 0 rings (SSSR count). The van der Waals surface area contributed by atoms with Gasteiger partial charge in [-0.3, -0.25) is 18.6 Å². The van der Waals surface area contributed by atoms with Crippen LogP contribution in [0.1, 0.15) is 213 Å². The van der Waals surface area contributed by atoms with E-state index in [1.807, 2.05) is 0 Å². The van der Waals surface area contributed by atoms with Gasteiger partial charge >= 0.3 is 19.8 Å². The minimum atomic E-state index is -4.37. The minimum Gasteiger partial charge on any atom is -0.462 e. The van der Waals surface area contributed by atoms with E-state index in [0.29, 0.717) is 6.42 Å². The molecular weight excluding hydrogens is 725 g/mol. The summed E-state index contributed by atoms with van der Waals surface area (Å²) in [7, 11) is -4.37. The average Bonchev–Trinajstić information content (AvgIpc) is 3.18. The summed E-state index contributed by atoms with van der Waals surface area (Å²) in [4.78, 5) is 34.6. The lowest BCUT2D eigenvalue weighted by Crippen LogP contribution is -2.29. The second-order valence-electron chi connectivity index (χ2n) is 15.3. The summed E-state index contributed by atoms with van der Waals surface area (Å²) in [5.41, 5.74) is 5.33. The number of allylic oxidation sites excluding steroid dienone is 6. The predicted molar refractivity (Wildman–Crippen MR) is 234 cm³/mol. The van der Waals surface area contributed by atoms with Crippen molar-refractivity contribution >= 4 is 19.8 Å². The zero-order valence-corrected chi connectivity index (χ0v) is 37.0. The zero-order chi connectivity index (χ0) is 41.1. The highest BCUT2D eigenvalue weighted by Crippen LogP contribution is 2.43. The van der Waals surface area contributed by atoms with Gasteiger partial charge in [0.15, 0.2) is 6.10 Å². The minimum absolute atomic E-state index is 0.0541. The highest BCUT2D eigenvalue weighted by molar-refractivity contribution is 7.47. The third-order valence-corrected chi connectivity index (χ3v) is 10.8. The Labute approximate surface area is 344 Å². The molecule has 10 heteroatoms. The summed E-state index contributed by atoms with van der Waals surface area (Å²) in [6.07, 6.45) is 48.0. The van der Waals surface area contributed by atoms with Crippen LogP contribution in [0.15, 0.2) is 36.5 Å². The first-order valence-corrected chi connectivity index (χ1v) is 24.5. The van der Waals surface area contributed by atoms with Crippen LogP contribution in [-0.2, 0) is 32.7 Å². The van der Waals surface area contributed by atoms with E-state index < -0.39 is 26.5 Å². The van der Waals surface area contributed by atoms with Crippen molar-refractivity contribution in [3.63, 3.8) is 0 Å². The molecule has 328 valence electrons. The van der Waals surface area contributed by atoms with Gasteiger partial charge in [0.2, 0.25) is 0 Å². The fraction of sp³-hybridized carbons (Fsp3) is 0.826. The molecule has 0 aliphatic rings. The van der Waals surface area contributed by atoms with E-state index in [2.05, 4.69) is 50.3 Å². The summed E-state index contributed by atoms with van der Waals surface area (Å²) < 4.78 is 32.6. The molecule has 2 unspecified atom stereocenters. The topological polar surface area (TPSA) is 134 Å². The molecule has 2 atom stereocenters. The number of hydrogen-bond donors (Lipinski definition) is 2. The number of carbonyl (C=O) groups excluding carboxylic acids is 2. The van der Waals surface area contributed by atoms with E-state index in [-0.39, 0.29) is 38.6 Å². The van der Waals surface area contributed by atoms with Gasteiger partial charge in [-0.2, -0.15) is 0 Å². The number of unbranched alkanes of at least 4 members (excludes halogenated alkanes) is 24. The van der Waals surface area contributed by atoms with E-state index in [1.165, 1.54) is 122 Å². The van der Waals surface area contributed by atoms with Crippen LogP contribution in [0.25, 0.3) is 0 Å². The van der Waals surface area contributed by atoms with Gasteiger partial charge < -0.3 is 20.1 Å². The lowest BCUT2D eigenvalue weighted by Gasteiger charge is -2.19. The first-order chi connectivity index (χ1) is 27.3. The molecule has 0 radical (unpaired) electrons. The standard InChI is InChI=1S/C46H86NO8P/c1-3-5-7-9-11-12-13-14-15-16-17-18-19-20-21-22-23-24-25-26-27-28-29-30-31-32-33-35-37-39-46(49)55-44(43-54-56(50,51)53-41-40-47)42-52-45(48)38-36-34-10-8-6-4-2/h13-14,16-17,19-20,44H,3-12,15,18,21-43,47H2,1-2H3,(H,50,51)/b14-13-,17-16-,20-19-. The molecule has 0 fully saturated rings. The highest BCUT2D eigenvalue weighted by atomic mass is 31.2. The largest absolute Gasteiger partial charge is 0.472 e. The number of phosphoric acid groups is 1. The number of nitrogens with two attached hydrogens (primary N) is 1. The van der Waals surface area contributed by atoms with Gasteiger partial charge in [0, 0.05) is 19.4 Å². The van der Waals surface area contributed by atoms with Crippen LogP contribution < -0.4 is 5.73 Å². The van der Waals surface area contributed by atoms with Crippen LogP contribution in [0.4, 0.5) is 0 Å². The first-order valence-electron chi connectivity index (χ1n) is 23.0. The lowest BCUT2D eigenvalue weighted by molar-refractivity contribution is -0.161. The van der Waals surface area contributed by atoms with Gasteiger partial charge in [-0.25, -0.2) is 4.57 Å². The molecule has 0 heterocycles. The van der Waals surface area contributed by atoms with Crippen LogP contribution >= 0.6 is 7.82 Å². The van der Waals surface area contributed by atoms with E-state index in [4.69, 9.17) is 24.3 Å². The quantitative estimate of drug-likeness (QED) is 0.0267. The van der Waals surface area contributed by atoms with Crippen molar-refractivity contribution in [2.45, 2.75) is 219 Å². The van der Waals surface area contributed by atoms with Crippen molar-refractivity contribution < 1.29 is 37.6 Å². The molecule has 0 saturated carbocycles. The molecule has 0 aliphatic carbocycles. The second kappa shape index (κ2) is 42.8. The van der Waals surface area contributed by atoms with Crippen molar-refractivity contribution in [3.8, 4) is 0 Å². The second-order valence-corrected chi connectivity index (χ2v) is 16.7. The van der Waals surface area contributed by atoms with Crippen molar-refractivity contribution in [2.24, 2.45) is 5.73 Å². The Bertz CT molecular complexity index is 1020. The van der Waals surface area contributed by atoms with Gasteiger partial charge in [0.1, 0.15) is 6.61 Å². The monoisotopic (exact) mass is 812 g/mol.